The van der Waals surface area contributed by atoms with E-state index in [2.05, 4.69) is 36.2 Å². The lowest BCUT2D eigenvalue weighted by molar-refractivity contribution is 0.404. The SMILES string of the molecule is O=c1[nH]cns1.S=c1nc[nH]o1. The van der Waals surface area contributed by atoms with Crippen molar-refractivity contribution < 1.29 is 4.52 Å². The van der Waals surface area contributed by atoms with Crippen molar-refractivity contribution in [2.24, 2.45) is 0 Å². The molecule has 0 aromatic carbocycles. The highest BCUT2D eigenvalue weighted by Gasteiger charge is 1.74. The van der Waals surface area contributed by atoms with E-state index in [4.69, 9.17) is 0 Å². The van der Waals surface area contributed by atoms with E-state index in [9.17, 15) is 4.79 Å². The molecule has 0 amide bonds. The first kappa shape index (κ1) is 8.81. The zero-order chi connectivity index (χ0) is 8.81. The minimum absolute atomic E-state index is 0.102. The summed E-state index contributed by atoms with van der Waals surface area (Å²) in [7, 11) is 0. The maximum absolute atomic E-state index is 9.97. The zero-order valence-corrected chi connectivity index (χ0v) is 7.32. The first-order chi connectivity index (χ1) is 5.79. The summed E-state index contributed by atoms with van der Waals surface area (Å²) >= 11 is 5.35. The standard InChI is InChI=1S/2C2H2N2OS/c5-2-3-1-4-6-2;6-2-3-1-4-5-2/h1H,(H,3,4,5);1H,(H,3,4,6). The van der Waals surface area contributed by atoms with E-state index in [1.54, 1.807) is 0 Å². The third kappa shape index (κ3) is 3.21. The molecular weight excluding hydrogens is 200 g/mol. The van der Waals surface area contributed by atoms with Crippen molar-refractivity contribution in [2.75, 3.05) is 0 Å². The summed E-state index contributed by atoms with van der Waals surface area (Å²) in [5, 5.41) is 2.34. The Bertz CT molecular complexity index is 339. The molecule has 0 spiro atoms. The van der Waals surface area contributed by atoms with Gasteiger partial charge in [-0.2, -0.15) is 9.36 Å². The van der Waals surface area contributed by atoms with Crippen LogP contribution in [0.2, 0.25) is 0 Å². The molecule has 2 N–H and O–H groups in total. The lowest BCUT2D eigenvalue weighted by atomic mass is 11.3. The molecule has 2 heterocycles. The Morgan fingerprint density at radius 2 is 2.42 bits per heavy atom. The smallest absolute Gasteiger partial charge is 0.323 e. The quantitative estimate of drug-likeness (QED) is 0.612. The molecule has 0 radical (unpaired) electrons. The second kappa shape index (κ2) is 4.57. The maximum atomic E-state index is 9.97. The Morgan fingerprint density at radius 1 is 1.58 bits per heavy atom. The molecule has 8 heteroatoms. The minimum Gasteiger partial charge on any atom is -0.348 e. The fourth-order valence-electron chi connectivity index (χ4n) is 0.362. The van der Waals surface area contributed by atoms with Crippen molar-refractivity contribution in [3.63, 3.8) is 0 Å². The fraction of sp³-hybridized carbons (Fsp3) is 0. The van der Waals surface area contributed by atoms with Crippen LogP contribution in [-0.4, -0.2) is 19.5 Å². The summed E-state index contributed by atoms with van der Waals surface area (Å²) in [5.74, 6) is 0. The van der Waals surface area contributed by atoms with Crippen LogP contribution in [0.4, 0.5) is 0 Å². The second-order valence-corrected chi connectivity index (χ2v) is 2.62. The van der Waals surface area contributed by atoms with Crippen LogP contribution in [0.15, 0.2) is 22.0 Å². The van der Waals surface area contributed by atoms with Crippen LogP contribution < -0.4 is 4.87 Å². The normalized spacial score (nSPS) is 8.67. The van der Waals surface area contributed by atoms with Crippen LogP contribution in [0.5, 0.6) is 0 Å². The minimum atomic E-state index is -0.102. The maximum Gasteiger partial charge on any atom is 0.323 e. The highest BCUT2D eigenvalue weighted by Crippen LogP contribution is 1.74. The van der Waals surface area contributed by atoms with Gasteiger partial charge >= 0.3 is 9.71 Å². The van der Waals surface area contributed by atoms with Gasteiger partial charge < -0.3 is 9.51 Å². The van der Waals surface area contributed by atoms with Crippen molar-refractivity contribution in [1.82, 2.24) is 19.5 Å². The van der Waals surface area contributed by atoms with E-state index in [1.165, 1.54) is 12.7 Å². The molecule has 0 aliphatic heterocycles. The predicted octanol–water partition coefficient (Wildman–Crippen LogP) is 0.564. The summed E-state index contributed by atoms with van der Waals surface area (Å²) in [4.78, 5) is 16.0. The van der Waals surface area contributed by atoms with Gasteiger partial charge in [-0.3, -0.25) is 4.79 Å². The van der Waals surface area contributed by atoms with Crippen LogP contribution >= 0.6 is 23.8 Å². The number of H-pyrrole nitrogens is 2. The third-order valence-electron chi connectivity index (χ3n) is 0.740. The van der Waals surface area contributed by atoms with Crippen LogP contribution in [-0.2, 0) is 0 Å². The lowest BCUT2D eigenvalue weighted by Gasteiger charge is -1.53. The van der Waals surface area contributed by atoms with Gasteiger partial charge in [0.1, 0.15) is 12.7 Å². The molecule has 2 rings (SSSR count). The van der Waals surface area contributed by atoms with Gasteiger partial charge in [-0.15, -0.1) is 0 Å². The first-order valence-corrected chi connectivity index (χ1v) is 3.95. The van der Waals surface area contributed by atoms with Crippen molar-refractivity contribution in [3.05, 3.63) is 27.2 Å². The summed E-state index contributed by atoms with van der Waals surface area (Å²) in [6.45, 7) is 0. The number of aromatic nitrogens is 4. The van der Waals surface area contributed by atoms with Gasteiger partial charge in [0.2, 0.25) is 0 Å². The molecule has 2 aromatic heterocycles. The molecular formula is C4H4N4O2S2. The molecule has 0 saturated heterocycles. The molecule has 0 aliphatic rings. The topological polar surface area (TPSA) is 87.6 Å². The number of rotatable bonds is 0. The molecule has 0 bridgehead atoms. The third-order valence-corrected chi connectivity index (χ3v) is 1.42. The van der Waals surface area contributed by atoms with Crippen molar-refractivity contribution in [3.8, 4) is 0 Å². The van der Waals surface area contributed by atoms with Crippen molar-refractivity contribution in [1.29, 1.82) is 0 Å². The van der Waals surface area contributed by atoms with E-state index in [0.29, 0.717) is 0 Å². The highest BCUT2D eigenvalue weighted by atomic mass is 32.1. The van der Waals surface area contributed by atoms with Gasteiger partial charge in [0.25, 0.3) is 0 Å². The molecule has 12 heavy (non-hydrogen) atoms. The van der Waals surface area contributed by atoms with Gasteiger partial charge in [-0.05, 0) is 12.2 Å². The molecule has 0 saturated carbocycles. The van der Waals surface area contributed by atoms with E-state index in [0.717, 1.165) is 11.5 Å². The molecule has 0 aliphatic carbocycles. The van der Waals surface area contributed by atoms with Gasteiger partial charge in [0.05, 0.1) is 0 Å². The van der Waals surface area contributed by atoms with Gasteiger partial charge in [-0.1, -0.05) is 0 Å². The van der Waals surface area contributed by atoms with Gasteiger partial charge in [-0.25, -0.2) is 5.16 Å². The fourth-order valence-corrected chi connectivity index (χ4v) is 0.769. The summed E-state index contributed by atoms with van der Waals surface area (Å²) in [6.07, 6.45) is 2.76. The summed E-state index contributed by atoms with van der Waals surface area (Å²) in [6, 6.07) is 0. The molecule has 0 fully saturated rings. The highest BCUT2D eigenvalue weighted by molar-refractivity contribution is 7.71. The summed E-state index contributed by atoms with van der Waals surface area (Å²) < 4.78 is 7.91. The van der Waals surface area contributed by atoms with E-state index >= 15 is 0 Å². The molecule has 2 aromatic rings. The largest absolute Gasteiger partial charge is 0.348 e. The first-order valence-electron chi connectivity index (χ1n) is 2.77. The van der Waals surface area contributed by atoms with Gasteiger partial charge in [0.15, 0.2) is 0 Å². The average Bonchev–Trinajstić information content (AvgIpc) is 2.63. The molecule has 0 atom stereocenters. The van der Waals surface area contributed by atoms with Crippen LogP contribution in [0.25, 0.3) is 0 Å². The number of hydrogen-bond acceptors (Lipinski definition) is 6. The Balaban J connectivity index is 0.000000120. The average molecular weight is 204 g/mol. The Labute approximate surface area is 75.4 Å². The molecule has 64 valence electrons. The van der Waals surface area contributed by atoms with Crippen molar-refractivity contribution >= 4 is 23.8 Å². The monoisotopic (exact) mass is 204 g/mol. The number of nitrogens with one attached hydrogen (secondary N) is 2. The van der Waals surface area contributed by atoms with Gasteiger partial charge in [0, 0.05) is 11.5 Å². The Morgan fingerprint density at radius 3 is 2.58 bits per heavy atom. The molecule has 0 unspecified atom stereocenters. The number of hydrogen-bond donors (Lipinski definition) is 2. The van der Waals surface area contributed by atoms with Crippen LogP contribution in [0.3, 0.4) is 0 Å². The Kier molecular flexibility index (Phi) is 3.35. The lowest BCUT2D eigenvalue weighted by Crippen LogP contribution is -1.88. The van der Waals surface area contributed by atoms with Crippen LogP contribution in [0, 0.1) is 4.84 Å². The Hall–Kier alpha value is -1.28. The van der Waals surface area contributed by atoms with E-state index in [-0.39, 0.29) is 9.71 Å². The van der Waals surface area contributed by atoms with Crippen molar-refractivity contribution in [2.45, 2.75) is 0 Å². The second-order valence-electron chi connectivity index (χ2n) is 1.50. The predicted molar refractivity (Wildman–Crippen MR) is 44.4 cm³/mol. The van der Waals surface area contributed by atoms with E-state index < -0.39 is 0 Å². The van der Waals surface area contributed by atoms with E-state index in [1.807, 2.05) is 0 Å². The van der Waals surface area contributed by atoms with Crippen LogP contribution in [0.1, 0.15) is 0 Å². The molecule has 6 nitrogen and oxygen atoms in total. The zero-order valence-electron chi connectivity index (χ0n) is 5.68. The number of aromatic amines is 2. The number of nitrogens with zero attached hydrogens (tertiary/aromatic N) is 2. The summed E-state index contributed by atoms with van der Waals surface area (Å²) in [5.41, 5.74) is 0.